The monoisotopic (exact) mass is 343 g/mol. The third kappa shape index (κ3) is 2.70. The molecule has 0 bridgehead atoms. The second kappa shape index (κ2) is 6.10. The second-order valence-corrected chi connectivity index (χ2v) is 7.32. The van der Waals surface area contributed by atoms with Crippen LogP contribution in [0.1, 0.15) is 35.2 Å². The molecule has 1 aliphatic rings. The van der Waals surface area contributed by atoms with Crippen LogP contribution in [-0.4, -0.2) is 9.97 Å². The zero-order valence-corrected chi connectivity index (χ0v) is 14.6. The van der Waals surface area contributed by atoms with Gasteiger partial charge in [0.2, 0.25) is 0 Å². The highest BCUT2D eigenvalue weighted by molar-refractivity contribution is 7.19. The number of thiophene rings is 1. The first-order valence-electron chi connectivity index (χ1n) is 8.04. The van der Waals surface area contributed by atoms with Crippen LogP contribution < -0.4 is 5.32 Å². The molecule has 0 unspecified atom stereocenters. The van der Waals surface area contributed by atoms with Crippen LogP contribution >= 0.6 is 22.9 Å². The van der Waals surface area contributed by atoms with E-state index in [1.807, 2.05) is 35.6 Å². The zero-order valence-electron chi connectivity index (χ0n) is 13.0. The summed E-state index contributed by atoms with van der Waals surface area (Å²) in [5.41, 5.74) is 2.54. The Kier molecular flexibility index (Phi) is 3.95. The first-order chi connectivity index (χ1) is 11.3. The van der Waals surface area contributed by atoms with E-state index in [2.05, 4.69) is 12.2 Å². The number of hydrogen-bond acceptors (Lipinski definition) is 4. The number of aryl methyl sites for hydroxylation is 3. The van der Waals surface area contributed by atoms with Gasteiger partial charge in [-0.2, -0.15) is 0 Å². The normalized spacial score (nSPS) is 13.5. The Hall–Kier alpha value is -1.65. The Labute approximate surface area is 144 Å². The predicted octanol–water partition coefficient (Wildman–Crippen LogP) is 5.01. The summed E-state index contributed by atoms with van der Waals surface area (Å²) in [5.74, 6) is 1.87. The summed E-state index contributed by atoms with van der Waals surface area (Å²) in [6.45, 7) is 2.78. The third-order valence-electron chi connectivity index (χ3n) is 4.33. The minimum atomic E-state index is 0.680. The van der Waals surface area contributed by atoms with Crippen LogP contribution in [0.15, 0.2) is 24.3 Å². The highest BCUT2D eigenvalue weighted by Crippen LogP contribution is 2.39. The molecule has 0 spiro atoms. The lowest BCUT2D eigenvalue weighted by molar-refractivity contribution is 0.914. The molecule has 0 radical (unpaired) electrons. The molecule has 0 aliphatic heterocycles. The Morgan fingerprint density at radius 3 is 2.91 bits per heavy atom. The molecule has 23 heavy (non-hydrogen) atoms. The van der Waals surface area contributed by atoms with Crippen molar-refractivity contribution in [2.45, 2.75) is 39.2 Å². The van der Waals surface area contributed by atoms with E-state index in [1.54, 1.807) is 0 Å². The summed E-state index contributed by atoms with van der Waals surface area (Å²) in [5, 5.41) is 5.52. The van der Waals surface area contributed by atoms with E-state index in [0.29, 0.717) is 6.54 Å². The van der Waals surface area contributed by atoms with E-state index in [9.17, 15) is 0 Å². The molecule has 3 nitrogen and oxygen atoms in total. The van der Waals surface area contributed by atoms with Crippen LogP contribution in [0.2, 0.25) is 5.02 Å². The van der Waals surface area contributed by atoms with Crippen molar-refractivity contribution in [3.8, 4) is 0 Å². The fraction of sp³-hybridized carbons (Fsp3) is 0.333. The van der Waals surface area contributed by atoms with Crippen LogP contribution in [0.5, 0.6) is 0 Å². The maximum atomic E-state index is 6.27. The molecule has 118 valence electrons. The SMILES string of the molecule is CCc1nc(NCc2ccccc2Cl)c2c3c(sc2n1)CCC3. The van der Waals surface area contributed by atoms with Gasteiger partial charge < -0.3 is 5.32 Å². The molecule has 0 fully saturated rings. The number of benzene rings is 1. The van der Waals surface area contributed by atoms with E-state index in [4.69, 9.17) is 21.6 Å². The van der Waals surface area contributed by atoms with Gasteiger partial charge in [0.25, 0.3) is 0 Å². The number of fused-ring (bicyclic) bond motifs is 3. The van der Waals surface area contributed by atoms with E-state index < -0.39 is 0 Å². The van der Waals surface area contributed by atoms with Crippen molar-refractivity contribution in [2.24, 2.45) is 0 Å². The molecule has 1 N–H and O–H groups in total. The van der Waals surface area contributed by atoms with Gasteiger partial charge >= 0.3 is 0 Å². The Balaban J connectivity index is 1.74. The average molecular weight is 344 g/mol. The predicted molar refractivity (Wildman–Crippen MR) is 97.6 cm³/mol. The van der Waals surface area contributed by atoms with Crippen LogP contribution in [0.3, 0.4) is 0 Å². The highest BCUT2D eigenvalue weighted by atomic mass is 35.5. The van der Waals surface area contributed by atoms with Gasteiger partial charge in [0.05, 0.1) is 5.39 Å². The molecule has 1 aliphatic carbocycles. The molecule has 3 aromatic rings. The molecule has 0 saturated carbocycles. The topological polar surface area (TPSA) is 37.8 Å². The maximum absolute atomic E-state index is 6.27. The van der Waals surface area contributed by atoms with Gasteiger partial charge in [-0.3, -0.25) is 0 Å². The molecule has 0 amide bonds. The number of hydrogen-bond donors (Lipinski definition) is 1. The van der Waals surface area contributed by atoms with E-state index >= 15 is 0 Å². The molecule has 5 heteroatoms. The van der Waals surface area contributed by atoms with Gasteiger partial charge in [-0.15, -0.1) is 11.3 Å². The van der Waals surface area contributed by atoms with Gasteiger partial charge in [-0.1, -0.05) is 36.7 Å². The van der Waals surface area contributed by atoms with Crippen molar-refractivity contribution in [1.82, 2.24) is 9.97 Å². The minimum absolute atomic E-state index is 0.680. The number of nitrogens with one attached hydrogen (secondary N) is 1. The zero-order chi connectivity index (χ0) is 15.8. The van der Waals surface area contributed by atoms with Crippen LogP contribution in [0, 0.1) is 0 Å². The van der Waals surface area contributed by atoms with Crippen LogP contribution in [0.25, 0.3) is 10.2 Å². The lowest BCUT2D eigenvalue weighted by Crippen LogP contribution is -2.05. The summed E-state index contributed by atoms with van der Waals surface area (Å²) < 4.78 is 0. The molecule has 2 aromatic heterocycles. The van der Waals surface area contributed by atoms with Crippen LogP contribution in [-0.2, 0) is 25.8 Å². The molecule has 2 heterocycles. The summed E-state index contributed by atoms with van der Waals surface area (Å²) in [6, 6.07) is 7.94. The Morgan fingerprint density at radius 1 is 1.22 bits per heavy atom. The smallest absolute Gasteiger partial charge is 0.139 e. The maximum Gasteiger partial charge on any atom is 0.139 e. The molecule has 4 rings (SSSR count). The van der Waals surface area contributed by atoms with Crippen molar-refractivity contribution in [3.05, 3.63) is 51.1 Å². The standard InChI is InChI=1S/C18H18ClN3S/c1-2-15-21-17(20-10-11-6-3-4-8-13(11)19)16-12-7-5-9-14(12)23-18(16)22-15/h3-4,6,8H,2,5,7,9-10H2,1H3,(H,20,21,22). The summed E-state index contributed by atoms with van der Waals surface area (Å²) >= 11 is 8.11. The second-order valence-electron chi connectivity index (χ2n) is 5.82. The summed E-state index contributed by atoms with van der Waals surface area (Å²) in [4.78, 5) is 12.1. The summed E-state index contributed by atoms with van der Waals surface area (Å²) in [7, 11) is 0. The quantitative estimate of drug-likeness (QED) is 0.723. The number of anilines is 1. The van der Waals surface area contributed by atoms with Gasteiger partial charge in [-0.25, -0.2) is 9.97 Å². The first-order valence-corrected chi connectivity index (χ1v) is 9.24. The lowest BCUT2D eigenvalue weighted by Gasteiger charge is -2.10. The van der Waals surface area contributed by atoms with Crippen LogP contribution in [0.4, 0.5) is 5.82 Å². The van der Waals surface area contributed by atoms with Crippen molar-refractivity contribution >= 4 is 39.0 Å². The lowest BCUT2D eigenvalue weighted by atomic mass is 10.1. The van der Waals surface area contributed by atoms with Gasteiger partial charge in [0.15, 0.2) is 0 Å². The van der Waals surface area contributed by atoms with E-state index in [1.165, 1.54) is 28.7 Å². The average Bonchev–Trinajstić information content (AvgIpc) is 3.14. The van der Waals surface area contributed by atoms with Crippen molar-refractivity contribution in [2.75, 3.05) is 5.32 Å². The molecular formula is C18H18ClN3S. The molecular weight excluding hydrogens is 326 g/mol. The number of halogens is 1. The highest BCUT2D eigenvalue weighted by Gasteiger charge is 2.22. The molecule has 1 aromatic carbocycles. The Morgan fingerprint density at radius 2 is 2.09 bits per heavy atom. The number of nitrogens with zero attached hydrogens (tertiary/aromatic N) is 2. The summed E-state index contributed by atoms with van der Waals surface area (Å²) in [6.07, 6.45) is 4.42. The fourth-order valence-electron chi connectivity index (χ4n) is 3.15. The fourth-order valence-corrected chi connectivity index (χ4v) is 4.63. The van der Waals surface area contributed by atoms with Crippen molar-refractivity contribution in [3.63, 3.8) is 0 Å². The minimum Gasteiger partial charge on any atom is -0.365 e. The first kappa shape index (κ1) is 14.9. The van der Waals surface area contributed by atoms with E-state index in [0.717, 1.165) is 39.9 Å². The van der Waals surface area contributed by atoms with Crippen molar-refractivity contribution in [1.29, 1.82) is 0 Å². The Bertz CT molecular complexity index is 872. The van der Waals surface area contributed by atoms with E-state index in [-0.39, 0.29) is 0 Å². The number of rotatable bonds is 4. The van der Waals surface area contributed by atoms with Gasteiger partial charge in [0, 0.05) is 22.9 Å². The third-order valence-corrected chi connectivity index (χ3v) is 5.89. The molecule has 0 atom stereocenters. The molecule has 0 saturated heterocycles. The van der Waals surface area contributed by atoms with Gasteiger partial charge in [0.1, 0.15) is 16.5 Å². The largest absolute Gasteiger partial charge is 0.365 e. The van der Waals surface area contributed by atoms with Crippen molar-refractivity contribution < 1.29 is 0 Å². The van der Waals surface area contributed by atoms with Gasteiger partial charge in [-0.05, 0) is 36.5 Å². The number of aromatic nitrogens is 2.